The minimum Gasteiger partial charge on any atom is -0.508 e. The van der Waals surface area contributed by atoms with Gasteiger partial charge in [-0.05, 0) is 49.2 Å². The summed E-state index contributed by atoms with van der Waals surface area (Å²) in [4.78, 5) is 17.2. The molecular weight excluding hydrogens is 470 g/mol. The van der Waals surface area contributed by atoms with Gasteiger partial charge in [0.25, 0.3) is 0 Å². The van der Waals surface area contributed by atoms with Gasteiger partial charge < -0.3 is 25.6 Å². The molecule has 0 saturated carbocycles. The predicted molar refractivity (Wildman–Crippen MR) is 139 cm³/mol. The topological polar surface area (TPSA) is 125 Å². The summed E-state index contributed by atoms with van der Waals surface area (Å²) < 4.78 is 13.6. The normalized spacial score (nSPS) is 14.6. The molecule has 4 aromatic rings. The zero-order valence-corrected chi connectivity index (χ0v) is 20.5. The number of ether oxygens (including phenoxy) is 2. The molecule has 1 aliphatic rings. The molecule has 0 bridgehead atoms. The van der Waals surface area contributed by atoms with Crippen LogP contribution in [0.15, 0.2) is 84.1 Å². The number of hydrogen-bond acceptors (Lipinski definition) is 7. The second-order valence-electron chi connectivity index (χ2n) is 8.60. The smallest absolute Gasteiger partial charge is 0.248 e. The van der Waals surface area contributed by atoms with Crippen LogP contribution in [-0.4, -0.2) is 32.4 Å². The lowest BCUT2D eigenvalue weighted by Gasteiger charge is -2.28. The fourth-order valence-electron chi connectivity index (χ4n) is 4.36. The Balaban J connectivity index is 1.56. The molecule has 188 valence electrons. The van der Waals surface area contributed by atoms with Crippen LogP contribution in [0.3, 0.4) is 0 Å². The van der Waals surface area contributed by atoms with Gasteiger partial charge in [-0.2, -0.15) is 4.98 Å². The van der Waals surface area contributed by atoms with Crippen LogP contribution < -0.4 is 20.5 Å². The molecule has 0 fully saturated rings. The Labute approximate surface area is 214 Å². The third-order valence-corrected chi connectivity index (χ3v) is 6.04. The molecule has 4 N–H and O–H groups in total. The van der Waals surface area contributed by atoms with Crippen LogP contribution >= 0.6 is 0 Å². The Morgan fingerprint density at radius 2 is 1.86 bits per heavy atom. The minimum atomic E-state index is -0.644. The molecule has 0 spiro atoms. The average Bonchev–Trinajstić information content (AvgIpc) is 3.31. The fourth-order valence-corrected chi connectivity index (χ4v) is 4.36. The lowest BCUT2D eigenvalue weighted by molar-refractivity contribution is -0.115. The fraction of sp³-hybridized carbons (Fsp3) is 0.179. The zero-order chi connectivity index (χ0) is 25.9. The molecule has 2 heterocycles. The molecular formula is C28H27N5O4. The number of aromatic nitrogens is 3. The van der Waals surface area contributed by atoms with Crippen molar-refractivity contribution in [2.45, 2.75) is 26.5 Å². The second kappa shape index (κ2) is 10.1. The number of nitrogens with two attached hydrogens (primary N) is 1. The summed E-state index contributed by atoms with van der Waals surface area (Å²) in [7, 11) is 0. The molecule has 3 aromatic carbocycles. The number of nitrogens with zero attached hydrogens (tertiary/aromatic N) is 3. The van der Waals surface area contributed by atoms with Crippen molar-refractivity contribution in [3.05, 3.63) is 95.2 Å². The van der Waals surface area contributed by atoms with Gasteiger partial charge in [0.15, 0.2) is 17.3 Å². The Hall–Kier alpha value is -4.79. The molecule has 1 atom stereocenters. The summed E-state index contributed by atoms with van der Waals surface area (Å²) >= 11 is 0. The summed E-state index contributed by atoms with van der Waals surface area (Å²) in [6.07, 6.45) is 0. The largest absolute Gasteiger partial charge is 0.508 e. The Morgan fingerprint density at radius 1 is 1.05 bits per heavy atom. The van der Waals surface area contributed by atoms with Gasteiger partial charge in [-0.1, -0.05) is 48.5 Å². The first-order valence-corrected chi connectivity index (χ1v) is 11.9. The van der Waals surface area contributed by atoms with Gasteiger partial charge in [-0.15, -0.1) is 5.10 Å². The van der Waals surface area contributed by atoms with Crippen LogP contribution in [0.1, 0.15) is 31.0 Å². The molecule has 1 unspecified atom stereocenters. The monoisotopic (exact) mass is 497 g/mol. The van der Waals surface area contributed by atoms with E-state index >= 15 is 0 Å². The number of hydrogen-bond donors (Lipinski definition) is 3. The molecule has 1 aromatic heterocycles. The highest BCUT2D eigenvalue weighted by Crippen LogP contribution is 2.39. The van der Waals surface area contributed by atoms with Gasteiger partial charge in [0.2, 0.25) is 11.9 Å². The molecule has 0 saturated heterocycles. The lowest BCUT2D eigenvalue weighted by Crippen LogP contribution is -2.31. The van der Waals surface area contributed by atoms with Crippen LogP contribution in [0.5, 0.6) is 17.2 Å². The summed E-state index contributed by atoms with van der Waals surface area (Å²) in [5.41, 5.74) is 9.19. The maximum atomic E-state index is 12.6. The van der Waals surface area contributed by atoms with Gasteiger partial charge >= 0.3 is 0 Å². The van der Waals surface area contributed by atoms with Crippen molar-refractivity contribution in [3.8, 4) is 28.6 Å². The first-order chi connectivity index (χ1) is 17.9. The molecule has 9 heteroatoms. The number of carbonyl (C=O) groups is 1. The highest BCUT2D eigenvalue weighted by Gasteiger charge is 2.34. The number of carbonyl (C=O) groups excluding carboxylic acids is 1. The van der Waals surface area contributed by atoms with E-state index < -0.39 is 11.9 Å². The van der Waals surface area contributed by atoms with E-state index in [9.17, 15) is 9.90 Å². The zero-order valence-electron chi connectivity index (χ0n) is 20.5. The third kappa shape index (κ3) is 4.84. The predicted octanol–water partition coefficient (Wildman–Crippen LogP) is 4.40. The number of phenolic OH excluding ortho intramolecular Hbond substituents is 1. The van der Waals surface area contributed by atoms with Crippen molar-refractivity contribution in [1.29, 1.82) is 0 Å². The maximum absolute atomic E-state index is 12.6. The number of rotatable bonds is 8. The number of fused-ring (bicyclic) bond motifs is 1. The first-order valence-electron chi connectivity index (χ1n) is 11.9. The van der Waals surface area contributed by atoms with Gasteiger partial charge in [-0.25, -0.2) is 4.68 Å². The van der Waals surface area contributed by atoms with E-state index in [0.717, 1.165) is 11.1 Å². The highest BCUT2D eigenvalue weighted by molar-refractivity contribution is 5.95. The van der Waals surface area contributed by atoms with E-state index in [1.807, 2.05) is 55.5 Å². The summed E-state index contributed by atoms with van der Waals surface area (Å²) in [6, 6.07) is 21.4. The van der Waals surface area contributed by atoms with E-state index in [4.69, 9.17) is 15.2 Å². The van der Waals surface area contributed by atoms with E-state index in [0.29, 0.717) is 53.3 Å². The summed E-state index contributed by atoms with van der Waals surface area (Å²) in [5, 5.41) is 17.7. The molecule has 0 aliphatic carbocycles. The number of primary amides is 1. The molecule has 37 heavy (non-hydrogen) atoms. The number of amides is 1. The summed E-state index contributed by atoms with van der Waals surface area (Å²) in [5.74, 6) is 1.52. The molecule has 1 aliphatic heterocycles. The van der Waals surface area contributed by atoms with Crippen molar-refractivity contribution >= 4 is 11.9 Å². The highest BCUT2D eigenvalue weighted by atomic mass is 16.5. The van der Waals surface area contributed by atoms with Crippen molar-refractivity contribution < 1.29 is 19.4 Å². The van der Waals surface area contributed by atoms with Gasteiger partial charge in [0.1, 0.15) is 18.4 Å². The number of benzene rings is 3. The number of nitrogens with one attached hydrogen (secondary N) is 1. The lowest BCUT2D eigenvalue weighted by atomic mass is 9.95. The van der Waals surface area contributed by atoms with Gasteiger partial charge in [0, 0.05) is 11.3 Å². The molecule has 0 radical (unpaired) electrons. The van der Waals surface area contributed by atoms with E-state index in [1.54, 1.807) is 35.9 Å². The van der Waals surface area contributed by atoms with Gasteiger partial charge in [-0.3, -0.25) is 4.79 Å². The van der Waals surface area contributed by atoms with Crippen LogP contribution in [0.4, 0.5) is 5.95 Å². The van der Waals surface area contributed by atoms with Crippen LogP contribution in [0, 0.1) is 0 Å². The van der Waals surface area contributed by atoms with E-state index in [1.165, 1.54) is 0 Å². The van der Waals surface area contributed by atoms with E-state index in [-0.39, 0.29) is 5.75 Å². The van der Waals surface area contributed by atoms with Gasteiger partial charge in [0.05, 0.1) is 12.2 Å². The average molecular weight is 498 g/mol. The van der Waals surface area contributed by atoms with E-state index in [2.05, 4.69) is 15.4 Å². The van der Waals surface area contributed by atoms with Crippen molar-refractivity contribution in [3.63, 3.8) is 0 Å². The number of phenols is 1. The van der Waals surface area contributed by atoms with Crippen molar-refractivity contribution in [2.75, 3.05) is 11.9 Å². The van der Waals surface area contributed by atoms with Crippen LogP contribution in [-0.2, 0) is 11.4 Å². The third-order valence-electron chi connectivity index (χ3n) is 6.04. The number of allylic oxidation sites excluding steroid dienone is 1. The van der Waals surface area contributed by atoms with Crippen LogP contribution in [0.2, 0.25) is 0 Å². The maximum Gasteiger partial charge on any atom is 0.248 e. The number of aromatic hydroxyl groups is 1. The van der Waals surface area contributed by atoms with Crippen LogP contribution in [0.25, 0.3) is 11.4 Å². The minimum absolute atomic E-state index is 0.106. The Morgan fingerprint density at radius 3 is 2.59 bits per heavy atom. The Kier molecular flexibility index (Phi) is 6.51. The standard InChI is InChI=1S/C28H27N5O4/c1-3-36-23-15-19(12-13-22(23)37-16-18-8-5-4-6-9-18)25-24(26(29)35)17(2)30-28-31-27(32-33(25)28)20-10-7-11-21(34)14-20/h4-15,25,34H,3,16H2,1-2H3,(H2,29,35)(H,30,31,32). The molecule has 9 nitrogen and oxygen atoms in total. The Bertz CT molecular complexity index is 1480. The quantitative estimate of drug-likeness (QED) is 0.329. The molecule has 1 amide bonds. The first kappa shape index (κ1) is 23.9. The SMILES string of the molecule is CCOc1cc(C2C(C(N)=O)=C(C)Nc3nc(-c4cccc(O)c4)nn32)ccc1OCc1ccccc1. The summed E-state index contributed by atoms with van der Waals surface area (Å²) in [6.45, 7) is 4.50. The molecule has 5 rings (SSSR count). The van der Waals surface area contributed by atoms with Crippen molar-refractivity contribution in [1.82, 2.24) is 14.8 Å². The van der Waals surface area contributed by atoms with Crippen molar-refractivity contribution in [2.24, 2.45) is 5.73 Å². The number of anilines is 1. The second-order valence-corrected chi connectivity index (χ2v) is 8.60.